The van der Waals surface area contributed by atoms with Gasteiger partial charge in [0.2, 0.25) is 17.7 Å². The molecule has 3 unspecified atom stereocenters. The Hall–Kier alpha value is -1.39. The molecular weight excluding hydrogens is 232 g/mol. The minimum Gasteiger partial charge on any atom is -0.344 e. The molecule has 0 aromatic heterocycles. The Morgan fingerprint density at radius 2 is 2.11 bits per heavy atom. The second-order valence-electron chi connectivity index (χ2n) is 6.09. The molecule has 1 aliphatic heterocycles. The summed E-state index contributed by atoms with van der Waals surface area (Å²) in [7, 11) is 0. The molecule has 0 spiro atoms. The zero-order valence-corrected chi connectivity index (χ0v) is 10.7. The number of rotatable bonds is 2. The number of hydrogen-bond donors (Lipinski definition) is 2. The van der Waals surface area contributed by atoms with Gasteiger partial charge in [0.25, 0.3) is 0 Å². The Morgan fingerprint density at radius 1 is 1.39 bits per heavy atom. The maximum atomic E-state index is 12.3. The molecule has 3 fully saturated rings. The van der Waals surface area contributed by atoms with E-state index in [0.717, 1.165) is 12.8 Å². The highest BCUT2D eigenvalue weighted by molar-refractivity contribution is 6.02. The van der Waals surface area contributed by atoms with Gasteiger partial charge in [0.05, 0.1) is 5.41 Å². The summed E-state index contributed by atoms with van der Waals surface area (Å²) < 4.78 is 0. The van der Waals surface area contributed by atoms with Crippen LogP contribution in [0.25, 0.3) is 0 Å². The molecule has 0 bridgehead atoms. The largest absolute Gasteiger partial charge is 0.344 e. The van der Waals surface area contributed by atoms with Crippen molar-refractivity contribution in [2.45, 2.75) is 45.6 Å². The van der Waals surface area contributed by atoms with Gasteiger partial charge >= 0.3 is 0 Å². The molecule has 5 nitrogen and oxygen atoms in total. The van der Waals surface area contributed by atoms with Crippen LogP contribution in [0.15, 0.2) is 0 Å². The first-order valence-electron chi connectivity index (χ1n) is 6.56. The minimum atomic E-state index is -0.540. The van der Waals surface area contributed by atoms with Gasteiger partial charge in [-0.1, -0.05) is 13.8 Å². The van der Waals surface area contributed by atoms with E-state index in [1.807, 2.05) is 0 Å². The first kappa shape index (κ1) is 11.7. The van der Waals surface area contributed by atoms with E-state index in [4.69, 9.17) is 0 Å². The molecule has 2 N–H and O–H groups in total. The van der Waals surface area contributed by atoms with Gasteiger partial charge in [-0.15, -0.1) is 0 Å². The van der Waals surface area contributed by atoms with Crippen molar-refractivity contribution in [3.63, 3.8) is 0 Å². The Balaban J connectivity index is 1.66. The van der Waals surface area contributed by atoms with Crippen molar-refractivity contribution in [1.82, 2.24) is 10.6 Å². The van der Waals surface area contributed by atoms with Crippen LogP contribution in [0.1, 0.15) is 39.5 Å². The topological polar surface area (TPSA) is 75.3 Å². The Bertz CT molecular complexity index is 461. The second-order valence-corrected chi connectivity index (χ2v) is 6.09. The number of imide groups is 1. The fourth-order valence-electron chi connectivity index (χ4n) is 3.92. The van der Waals surface area contributed by atoms with Gasteiger partial charge in [-0.05, 0) is 30.6 Å². The first-order chi connectivity index (χ1) is 8.42. The third kappa shape index (κ3) is 1.19. The second kappa shape index (κ2) is 3.33. The van der Waals surface area contributed by atoms with E-state index in [1.54, 1.807) is 0 Å². The number of piperidine rings is 1. The van der Waals surface area contributed by atoms with Crippen molar-refractivity contribution in [2.75, 3.05) is 0 Å². The molecule has 0 aromatic rings. The fourth-order valence-corrected chi connectivity index (χ4v) is 3.92. The zero-order valence-electron chi connectivity index (χ0n) is 10.7. The molecule has 5 heteroatoms. The molecule has 2 saturated carbocycles. The summed E-state index contributed by atoms with van der Waals surface area (Å²) in [6, 6.07) is -0.540. The van der Waals surface area contributed by atoms with E-state index in [9.17, 15) is 14.4 Å². The van der Waals surface area contributed by atoms with E-state index in [2.05, 4.69) is 24.5 Å². The van der Waals surface area contributed by atoms with Crippen LogP contribution in [0.2, 0.25) is 0 Å². The molecular formula is C13H18N2O3. The van der Waals surface area contributed by atoms with Crippen LogP contribution in [0, 0.1) is 16.7 Å². The summed E-state index contributed by atoms with van der Waals surface area (Å²) in [6.07, 6.45) is 2.73. The van der Waals surface area contributed by atoms with E-state index in [0.29, 0.717) is 18.8 Å². The molecule has 2 aliphatic carbocycles. The predicted molar refractivity (Wildman–Crippen MR) is 63.3 cm³/mol. The summed E-state index contributed by atoms with van der Waals surface area (Å²) in [5, 5.41) is 5.09. The maximum absolute atomic E-state index is 12.3. The van der Waals surface area contributed by atoms with E-state index in [-0.39, 0.29) is 28.6 Å². The van der Waals surface area contributed by atoms with Crippen LogP contribution in [-0.2, 0) is 14.4 Å². The molecule has 0 aromatic carbocycles. The first-order valence-corrected chi connectivity index (χ1v) is 6.56. The average molecular weight is 250 g/mol. The van der Waals surface area contributed by atoms with Gasteiger partial charge in [-0.3, -0.25) is 19.7 Å². The van der Waals surface area contributed by atoms with Crippen LogP contribution >= 0.6 is 0 Å². The number of fused-ring (bicyclic) bond motifs is 1. The van der Waals surface area contributed by atoms with Crippen molar-refractivity contribution in [2.24, 2.45) is 16.7 Å². The van der Waals surface area contributed by atoms with Gasteiger partial charge in [0.1, 0.15) is 6.04 Å². The summed E-state index contributed by atoms with van der Waals surface area (Å²) in [5.41, 5.74) is -0.104. The normalized spacial score (nSPS) is 45.7. The molecule has 0 radical (unpaired) electrons. The van der Waals surface area contributed by atoms with Crippen molar-refractivity contribution >= 4 is 17.7 Å². The Kier molecular flexibility index (Phi) is 2.17. The summed E-state index contributed by atoms with van der Waals surface area (Å²) in [6.45, 7) is 4.25. The van der Waals surface area contributed by atoms with Gasteiger partial charge in [-0.2, -0.15) is 0 Å². The highest BCUT2D eigenvalue weighted by atomic mass is 16.2. The van der Waals surface area contributed by atoms with Crippen LogP contribution < -0.4 is 10.6 Å². The molecule has 98 valence electrons. The minimum absolute atomic E-state index is 0.00162. The van der Waals surface area contributed by atoms with Gasteiger partial charge < -0.3 is 5.32 Å². The smallest absolute Gasteiger partial charge is 0.249 e. The third-order valence-electron chi connectivity index (χ3n) is 5.62. The highest BCUT2D eigenvalue weighted by Gasteiger charge is 2.80. The lowest BCUT2D eigenvalue weighted by Gasteiger charge is -2.33. The SMILES string of the molecule is CC1C2(C(=O)NC3CCC(=O)NC3=O)CC[C@@]12C. The van der Waals surface area contributed by atoms with Gasteiger partial charge in [0, 0.05) is 6.42 Å². The summed E-state index contributed by atoms with van der Waals surface area (Å²) in [4.78, 5) is 35.0. The van der Waals surface area contributed by atoms with Crippen molar-refractivity contribution in [1.29, 1.82) is 0 Å². The number of carbonyl (C=O) groups is 3. The lowest BCUT2D eigenvalue weighted by atomic mass is 9.74. The number of amides is 3. The molecule has 3 aliphatic rings. The van der Waals surface area contributed by atoms with E-state index in [1.165, 1.54) is 0 Å². The number of hydrogen-bond acceptors (Lipinski definition) is 3. The molecule has 1 saturated heterocycles. The lowest BCUT2D eigenvalue weighted by Crippen LogP contribution is -2.55. The van der Waals surface area contributed by atoms with Crippen molar-refractivity contribution < 1.29 is 14.4 Å². The Morgan fingerprint density at radius 3 is 2.56 bits per heavy atom. The van der Waals surface area contributed by atoms with Crippen molar-refractivity contribution in [3.05, 3.63) is 0 Å². The summed E-state index contributed by atoms with van der Waals surface area (Å²) in [5.74, 6) is -0.223. The van der Waals surface area contributed by atoms with Gasteiger partial charge in [-0.25, -0.2) is 0 Å². The van der Waals surface area contributed by atoms with Crippen molar-refractivity contribution in [3.8, 4) is 0 Å². The maximum Gasteiger partial charge on any atom is 0.249 e. The third-order valence-corrected chi connectivity index (χ3v) is 5.62. The molecule has 3 rings (SSSR count). The molecule has 18 heavy (non-hydrogen) atoms. The average Bonchev–Trinajstić information content (AvgIpc) is 2.62. The Labute approximate surface area is 106 Å². The lowest BCUT2D eigenvalue weighted by molar-refractivity contribution is -0.140. The molecule has 3 amide bonds. The van der Waals surface area contributed by atoms with Crippen LogP contribution in [-0.4, -0.2) is 23.8 Å². The van der Waals surface area contributed by atoms with Gasteiger partial charge in [0.15, 0.2) is 0 Å². The quantitative estimate of drug-likeness (QED) is 0.694. The van der Waals surface area contributed by atoms with Crippen LogP contribution in [0.5, 0.6) is 0 Å². The standard InChI is InChI=1S/C13H18N2O3/c1-7-12(2)5-6-13(7,12)11(18)14-8-3-4-9(16)15-10(8)17/h7-8H,3-6H2,1-2H3,(H,14,18)(H,15,16,17)/t7?,8?,12-,13?/m0/s1. The highest BCUT2D eigenvalue weighted by Crippen LogP contribution is 2.81. The van der Waals surface area contributed by atoms with Crippen LogP contribution in [0.4, 0.5) is 0 Å². The number of nitrogens with one attached hydrogen (secondary N) is 2. The zero-order chi connectivity index (χ0) is 13.1. The molecule has 4 atom stereocenters. The monoisotopic (exact) mass is 250 g/mol. The number of carbonyl (C=O) groups excluding carboxylic acids is 3. The predicted octanol–water partition coefficient (Wildman–Crippen LogP) is 0.344. The van der Waals surface area contributed by atoms with E-state index < -0.39 is 6.04 Å². The summed E-state index contributed by atoms with van der Waals surface area (Å²) >= 11 is 0. The fraction of sp³-hybridized carbons (Fsp3) is 0.769. The van der Waals surface area contributed by atoms with Crippen LogP contribution in [0.3, 0.4) is 0 Å². The molecule has 1 heterocycles. The van der Waals surface area contributed by atoms with E-state index >= 15 is 0 Å².